The van der Waals surface area contributed by atoms with E-state index in [1.54, 1.807) is 0 Å². The van der Waals surface area contributed by atoms with Crippen LogP contribution in [0.1, 0.15) is 28.9 Å². The van der Waals surface area contributed by atoms with E-state index in [9.17, 15) is 9.59 Å². The molecule has 19 heavy (non-hydrogen) atoms. The van der Waals surface area contributed by atoms with Gasteiger partial charge in [-0.2, -0.15) is 0 Å². The molecule has 0 spiro atoms. The van der Waals surface area contributed by atoms with Crippen LogP contribution in [-0.4, -0.2) is 15.6 Å². The van der Waals surface area contributed by atoms with E-state index in [0.717, 1.165) is 17.7 Å². The minimum atomic E-state index is -1.17. The number of aromatic carboxylic acids is 1. The Bertz CT molecular complexity index is 730. The molecule has 1 aliphatic heterocycles. The van der Waals surface area contributed by atoms with Gasteiger partial charge < -0.3 is 9.67 Å². The van der Waals surface area contributed by atoms with Gasteiger partial charge in [0, 0.05) is 23.9 Å². The molecule has 0 bridgehead atoms. The number of benzene rings is 1. The lowest BCUT2D eigenvalue weighted by atomic mass is 9.93. The molecule has 1 aromatic heterocycles. The highest BCUT2D eigenvalue weighted by Crippen LogP contribution is 2.33. The Morgan fingerprint density at radius 3 is 2.84 bits per heavy atom. The maximum atomic E-state index is 11.9. The third-order valence-corrected chi connectivity index (χ3v) is 3.59. The molecule has 1 aromatic carbocycles. The first-order chi connectivity index (χ1) is 9.08. The summed E-state index contributed by atoms with van der Waals surface area (Å²) in [4.78, 5) is 22.9. The molecular weight excluding hydrogens is 242 g/mol. The Kier molecular flexibility index (Phi) is 2.52. The number of nitrogens with zero attached hydrogens (tertiary/aromatic N) is 1. The molecule has 0 saturated heterocycles. The molecule has 2 aromatic rings. The van der Waals surface area contributed by atoms with Crippen LogP contribution in [0.3, 0.4) is 0 Å². The zero-order chi connectivity index (χ0) is 13.6. The first-order valence-electron chi connectivity index (χ1n) is 6.15. The molecule has 96 valence electrons. The van der Waals surface area contributed by atoms with Gasteiger partial charge in [0.05, 0.1) is 5.69 Å². The van der Waals surface area contributed by atoms with Crippen LogP contribution in [0.4, 0.5) is 0 Å². The Hall–Kier alpha value is -2.36. The molecule has 0 amide bonds. The second-order valence-corrected chi connectivity index (χ2v) is 4.86. The van der Waals surface area contributed by atoms with E-state index < -0.39 is 11.4 Å². The van der Waals surface area contributed by atoms with Gasteiger partial charge in [0.1, 0.15) is 5.56 Å². The third-order valence-electron chi connectivity index (χ3n) is 3.59. The van der Waals surface area contributed by atoms with Gasteiger partial charge >= 0.3 is 5.97 Å². The van der Waals surface area contributed by atoms with E-state index in [-0.39, 0.29) is 11.6 Å². The van der Waals surface area contributed by atoms with Gasteiger partial charge in [-0.3, -0.25) is 4.79 Å². The SMILES string of the molecule is C[C@H]1Cc2ccccc2-c2cc(=O)c(C(=O)O)cn21. The maximum absolute atomic E-state index is 11.9. The molecule has 2 heterocycles. The zero-order valence-electron chi connectivity index (χ0n) is 10.5. The predicted octanol–water partition coefficient (Wildman–Crippen LogP) is 2.33. The van der Waals surface area contributed by atoms with Crippen molar-refractivity contribution in [3.8, 4) is 11.3 Å². The molecule has 4 heteroatoms. The lowest BCUT2D eigenvalue weighted by Crippen LogP contribution is -2.24. The van der Waals surface area contributed by atoms with E-state index in [4.69, 9.17) is 5.11 Å². The number of hydrogen-bond acceptors (Lipinski definition) is 2. The quantitative estimate of drug-likeness (QED) is 0.850. The van der Waals surface area contributed by atoms with Crippen LogP contribution < -0.4 is 5.43 Å². The summed E-state index contributed by atoms with van der Waals surface area (Å²) >= 11 is 0. The van der Waals surface area contributed by atoms with Crippen molar-refractivity contribution in [2.24, 2.45) is 0 Å². The highest BCUT2D eigenvalue weighted by atomic mass is 16.4. The average Bonchev–Trinajstić information content (AvgIpc) is 2.38. The molecule has 0 saturated carbocycles. The fraction of sp³-hybridized carbons (Fsp3) is 0.200. The number of carbonyl (C=O) groups is 1. The van der Waals surface area contributed by atoms with E-state index in [0.29, 0.717) is 0 Å². The first kappa shape index (κ1) is 11.7. The van der Waals surface area contributed by atoms with Crippen LogP contribution in [0.5, 0.6) is 0 Å². The number of fused-ring (bicyclic) bond motifs is 3. The second kappa shape index (κ2) is 4.09. The molecule has 1 atom stereocenters. The van der Waals surface area contributed by atoms with Crippen LogP contribution in [0.2, 0.25) is 0 Å². The summed E-state index contributed by atoms with van der Waals surface area (Å²) in [6.45, 7) is 2.02. The molecule has 0 aliphatic carbocycles. The van der Waals surface area contributed by atoms with Gasteiger partial charge in [-0.15, -0.1) is 0 Å². The van der Waals surface area contributed by atoms with Crippen LogP contribution in [-0.2, 0) is 6.42 Å². The Labute approximate surface area is 109 Å². The normalized spacial score (nSPS) is 16.6. The summed E-state index contributed by atoms with van der Waals surface area (Å²) in [6.07, 6.45) is 2.30. The van der Waals surface area contributed by atoms with Gasteiger partial charge in [-0.25, -0.2) is 4.79 Å². The number of carboxylic acids is 1. The lowest BCUT2D eigenvalue weighted by Gasteiger charge is -2.28. The van der Waals surface area contributed by atoms with Gasteiger partial charge in [-0.1, -0.05) is 24.3 Å². The topological polar surface area (TPSA) is 59.3 Å². The Morgan fingerprint density at radius 2 is 2.11 bits per heavy atom. The van der Waals surface area contributed by atoms with Crippen molar-refractivity contribution < 1.29 is 9.90 Å². The average molecular weight is 255 g/mol. The number of pyridine rings is 1. The highest BCUT2D eigenvalue weighted by Gasteiger charge is 2.22. The number of carboxylic acid groups (broad SMARTS) is 1. The van der Waals surface area contributed by atoms with Crippen LogP contribution in [0.15, 0.2) is 41.3 Å². The fourth-order valence-corrected chi connectivity index (χ4v) is 2.66. The molecule has 3 rings (SSSR count). The predicted molar refractivity (Wildman–Crippen MR) is 71.5 cm³/mol. The summed E-state index contributed by atoms with van der Waals surface area (Å²) in [5, 5.41) is 9.04. The number of rotatable bonds is 1. The molecule has 0 radical (unpaired) electrons. The zero-order valence-corrected chi connectivity index (χ0v) is 10.5. The van der Waals surface area contributed by atoms with Crippen LogP contribution >= 0.6 is 0 Å². The Balaban J connectivity index is 2.31. The highest BCUT2D eigenvalue weighted by molar-refractivity contribution is 5.87. The van der Waals surface area contributed by atoms with Crippen LogP contribution in [0.25, 0.3) is 11.3 Å². The van der Waals surface area contributed by atoms with E-state index >= 15 is 0 Å². The summed E-state index contributed by atoms with van der Waals surface area (Å²) < 4.78 is 1.88. The van der Waals surface area contributed by atoms with Crippen molar-refractivity contribution in [3.63, 3.8) is 0 Å². The largest absolute Gasteiger partial charge is 0.477 e. The van der Waals surface area contributed by atoms with Crippen molar-refractivity contribution in [1.29, 1.82) is 0 Å². The van der Waals surface area contributed by atoms with Crippen molar-refractivity contribution in [1.82, 2.24) is 4.57 Å². The monoisotopic (exact) mass is 255 g/mol. The van der Waals surface area contributed by atoms with Crippen molar-refractivity contribution in [3.05, 3.63) is 57.9 Å². The Morgan fingerprint density at radius 1 is 1.37 bits per heavy atom. The first-order valence-corrected chi connectivity index (χ1v) is 6.15. The van der Waals surface area contributed by atoms with Gasteiger partial charge in [0.25, 0.3) is 0 Å². The van der Waals surface area contributed by atoms with Crippen molar-refractivity contribution in [2.75, 3.05) is 0 Å². The van der Waals surface area contributed by atoms with Crippen molar-refractivity contribution in [2.45, 2.75) is 19.4 Å². The lowest BCUT2D eigenvalue weighted by molar-refractivity contribution is 0.0694. The van der Waals surface area contributed by atoms with E-state index in [1.165, 1.54) is 17.8 Å². The number of aromatic nitrogens is 1. The summed E-state index contributed by atoms with van der Waals surface area (Å²) in [5.41, 5.74) is 2.38. The summed E-state index contributed by atoms with van der Waals surface area (Å²) in [5.74, 6) is -1.17. The minimum Gasteiger partial charge on any atom is -0.477 e. The van der Waals surface area contributed by atoms with Crippen molar-refractivity contribution >= 4 is 5.97 Å². The van der Waals surface area contributed by atoms with E-state index in [1.807, 2.05) is 35.8 Å². The standard InChI is InChI=1S/C15H13NO3/c1-9-6-10-4-2-3-5-11(10)13-7-14(17)12(15(18)19)8-16(9)13/h2-5,7-9H,6H2,1H3,(H,18,19)/t9-/m0/s1. The molecule has 1 N–H and O–H groups in total. The molecular formula is C15H13NO3. The molecule has 0 unspecified atom stereocenters. The fourth-order valence-electron chi connectivity index (χ4n) is 2.66. The number of hydrogen-bond donors (Lipinski definition) is 1. The van der Waals surface area contributed by atoms with E-state index in [2.05, 4.69) is 0 Å². The second-order valence-electron chi connectivity index (χ2n) is 4.86. The van der Waals surface area contributed by atoms with Gasteiger partial charge in [0.15, 0.2) is 5.43 Å². The summed E-state index contributed by atoms with van der Waals surface area (Å²) in [7, 11) is 0. The van der Waals surface area contributed by atoms with Crippen LogP contribution in [0, 0.1) is 0 Å². The van der Waals surface area contributed by atoms with Gasteiger partial charge in [-0.05, 0) is 18.9 Å². The minimum absolute atomic E-state index is 0.142. The summed E-state index contributed by atoms with van der Waals surface area (Å²) in [6, 6.07) is 9.48. The molecule has 0 fully saturated rings. The smallest absolute Gasteiger partial charge is 0.341 e. The third kappa shape index (κ3) is 1.76. The van der Waals surface area contributed by atoms with Gasteiger partial charge in [0.2, 0.25) is 0 Å². The molecule has 1 aliphatic rings. The maximum Gasteiger partial charge on any atom is 0.341 e. The molecule has 4 nitrogen and oxygen atoms in total.